The van der Waals surface area contributed by atoms with E-state index in [1.165, 1.54) is 29.2 Å². The summed E-state index contributed by atoms with van der Waals surface area (Å²) in [7, 11) is 0. The first-order chi connectivity index (χ1) is 18.9. The molecule has 0 saturated carbocycles. The number of nitrogens with one attached hydrogen (secondary N) is 2. The number of benzene rings is 2. The molecule has 214 valence electrons. The van der Waals surface area contributed by atoms with Gasteiger partial charge in [0.05, 0.1) is 12.5 Å². The molecule has 40 heavy (non-hydrogen) atoms. The Labute approximate surface area is 230 Å². The molecule has 0 bridgehead atoms. The van der Waals surface area contributed by atoms with Crippen LogP contribution in [0.25, 0.3) is 0 Å². The molecule has 0 spiro atoms. The summed E-state index contributed by atoms with van der Waals surface area (Å²) in [4.78, 5) is 63.9. The first-order valence-electron chi connectivity index (χ1n) is 12.7. The minimum atomic E-state index is -1.29. The number of phenolic OH excluding ortho intramolecular Hbond substituents is 2. The molecule has 4 unspecified atom stereocenters. The molecule has 4 atom stereocenters. The quantitative estimate of drug-likeness (QED) is 0.172. The van der Waals surface area contributed by atoms with E-state index in [-0.39, 0.29) is 37.3 Å². The number of carboxylic acids is 1. The molecule has 13 heteroatoms. The van der Waals surface area contributed by atoms with Gasteiger partial charge in [0, 0.05) is 19.4 Å². The number of carbonyl (C=O) groups is 5. The van der Waals surface area contributed by atoms with Gasteiger partial charge in [-0.2, -0.15) is 0 Å². The SMILES string of the molecule is NC(=O)CC(N)C(=O)NC(Cc1ccc(O)cc1)C(=O)N1CCCC1C(=O)NC(Cc1ccc(O)cc1)C(=O)O. The summed E-state index contributed by atoms with van der Waals surface area (Å²) in [6.45, 7) is 0.196. The van der Waals surface area contributed by atoms with E-state index in [4.69, 9.17) is 11.5 Å². The van der Waals surface area contributed by atoms with Gasteiger partial charge < -0.3 is 42.3 Å². The van der Waals surface area contributed by atoms with E-state index in [0.717, 1.165) is 0 Å². The van der Waals surface area contributed by atoms with Crippen LogP contribution in [0.3, 0.4) is 0 Å². The van der Waals surface area contributed by atoms with E-state index in [0.29, 0.717) is 17.5 Å². The lowest BCUT2D eigenvalue weighted by molar-refractivity contribution is -0.144. The van der Waals surface area contributed by atoms with Crippen LogP contribution in [0.15, 0.2) is 48.5 Å². The molecule has 4 amide bonds. The highest BCUT2D eigenvalue weighted by Crippen LogP contribution is 2.21. The summed E-state index contributed by atoms with van der Waals surface area (Å²) in [6, 6.07) is 7.16. The number of nitrogens with zero attached hydrogens (tertiary/aromatic N) is 1. The summed E-state index contributed by atoms with van der Waals surface area (Å²) in [5.41, 5.74) is 12.1. The predicted octanol–water partition coefficient (Wildman–Crippen LogP) is -0.869. The Morgan fingerprint density at radius 3 is 1.90 bits per heavy atom. The lowest BCUT2D eigenvalue weighted by Crippen LogP contribution is -2.57. The van der Waals surface area contributed by atoms with Crippen LogP contribution in [0.2, 0.25) is 0 Å². The van der Waals surface area contributed by atoms with Crippen LogP contribution in [0.1, 0.15) is 30.4 Å². The van der Waals surface area contributed by atoms with Gasteiger partial charge in [0.15, 0.2) is 0 Å². The number of primary amides is 1. The Bertz CT molecular complexity index is 1230. The minimum absolute atomic E-state index is 0.00239. The number of carboxylic acid groups (broad SMARTS) is 1. The second-order valence-corrected chi connectivity index (χ2v) is 9.67. The van der Waals surface area contributed by atoms with Gasteiger partial charge in [-0.1, -0.05) is 24.3 Å². The molecule has 0 aliphatic carbocycles. The third kappa shape index (κ3) is 8.17. The fourth-order valence-electron chi connectivity index (χ4n) is 4.49. The average molecular weight is 556 g/mol. The second-order valence-electron chi connectivity index (χ2n) is 9.67. The van der Waals surface area contributed by atoms with E-state index in [1.807, 2.05) is 0 Å². The van der Waals surface area contributed by atoms with Crippen molar-refractivity contribution in [3.63, 3.8) is 0 Å². The van der Waals surface area contributed by atoms with Gasteiger partial charge in [0.25, 0.3) is 0 Å². The zero-order valence-corrected chi connectivity index (χ0v) is 21.7. The molecule has 0 radical (unpaired) electrons. The number of aliphatic carboxylic acids is 1. The maximum absolute atomic E-state index is 13.7. The lowest BCUT2D eigenvalue weighted by atomic mass is 10.0. The normalized spacial score (nSPS) is 16.9. The largest absolute Gasteiger partial charge is 0.508 e. The fourth-order valence-corrected chi connectivity index (χ4v) is 4.49. The van der Waals surface area contributed by atoms with Crippen molar-refractivity contribution in [3.05, 3.63) is 59.7 Å². The maximum atomic E-state index is 13.7. The zero-order valence-electron chi connectivity index (χ0n) is 21.7. The Kier molecular flexibility index (Phi) is 10.0. The maximum Gasteiger partial charge on any atom is 0.326 e. The number of phenols is 2. The zero-order chi connectivity index (χ0) is 29.4. The summed E-state index contributed by atoms with van der Waals surface area (Å²) < 4.78 is 0. The molecule has 13 nitrogen and oxygen atoms in total. The molecule has 2 aromatic carbocycles. The molecule has 1 aliphatic heterocycles. The van der Waals surface area contributed by atoms with Crippen LogP contribution in [-0.2, 0) is 36.8 Å². The number of likely N-dealkylation sites (tertiary alicyclic amines) is 1. The van der Waals surface area contributed by atoms with Crippen molar-refractivity contribution < 1.29 is 39.3 Å². The summed E-state index contributed by atoms with van der Waals surface area (Å²) in [6.07, 6.45) is 0.278. The first kappa shape index (κ1) is 29.9. The molecule has 3 rings (SSSR count). The predicted molar refractivity (Wildman–Crippen MR) is 142 cm³/mol. The standard InChI is InChI=1S/C27H33N5O8/c28-19(14-23(29)35)24(36)30-20(12-15-3-7-17(33)8-4-15)26(38)32-11-1-2-22(32)25(37)31-21(27(39)40)13-16-5-9-18(34)10-6-16/h3-10,19-22,33-34H,1-2,11-14,28H2,(H2,29,35)(H,30,36)(H,31,37)(H,39,40). The molecular weight excluding hydrogens is 522 g/mol. The number of carbonyl (C=O) groups excluding carboxylic acids is 4. The Morgan fingerprint density at radius 2 is 1.40 bits per heavy atom. The number of hydrogen-bond acceptors (Lipinski definition) is 8. The van der Waals surface area contributed by atoms with Gasteiger partial charge in [-0.15, -0.1) is 0 Å². The Balaban J connectivity index is 1.77. The third-order valence-corrected chi connectivity index (χ3v) is 6.58. The number of aromatic hydroxyl groups is 2. The van der Waals surface area contributed by atoms with E-state index < -0.39 is 60.2 Å². The Morgan fingerprint density at radius 1 is 0.875 bits per heavy atom. The van der Waals surface area contributed by atoms with Crippen molar-refractivity contribution in [2.24, 2.45) is 11.5 Å². The first-order valence-corrected chi connectivity index (χ1v) is 12.7. The van der Waals surface area contributed by atoms with Gasteiger partial charge in [-0.05, 0) is 48.2 Å². The van der Waals surface area contributed by atoms with E-state index in [9.17, 15) is 39.3 Å². The van der Waals surface area contributed by atoms with Crippen molar-refractivity contribution >= 4 is 29.6 Å². The topological polar surface area (TPSA) is 225 Å². The molecule has 1 aliphatic rings. The highest BCUT2D eigenvalue weighted by Gasteiger charge is 2.39. The van der Waals surface area contributed by atoms with Crippen LogP contribution in [0, 0.1) is 0 Å². The van der Waals surface area contributed by atoms with Crippen LogP contribution >= 0.6 is 0 Å². The lowest BCUT2D eigenvalue weighted by Gasteiger charge is -2.30. The highest BCUT2D eigenvalue weighted by molar-refractivity contribution is 5.95. The number of amides is 4. The summed E-state index contributed by atoms with van der Waals surface area (Å²) >= 11 is 0. The van der Waals surface area contributed by atoms with Crippen molar-refractivity contribution in [1.29, 1.82) is 0 Å². The Hall–Kier alpha value is -4.65. The van der Waals surface area contributed by atoms with Crippen LogP contribution in [0.4, 0.5) is 0 Å². The van der Waals surface area contributed by atoms with Crippen molar-refractivity contribution in [3.8, 4) is 11.5 Å². The molecule has 0 aromatic heterocycles. The van der Waals surface area contributed by atoms with Crippen molar-refractivity contribution in [1.82, 2.24) is 15.5 Å². The average Bonchev–Trinajstić information content (AvgIpc) is 3.39. The highest BCUT2D eigenvalue weighted by atomic mass is 16.4. The summed E-state index contributed by atoms with van der Waals surface area (Å²) in [5.74, 6) is -4.05. The van der Waals surface area contributed by atoms with Gasteiger partial charge in [-0.25, -0.2) is 4.79 Å². The molecule has 2 aromatic rings. The monoisotopic (exact) mass is 555 g/mol. The third-order valence-electron chi connectivity index (χ3n) is 6.58. The van der Waals surface area contributed by atoms with E-state index in [1.54, 1.807) is 24.3 Å². The molecule has 1 fully saturated rings. The van der Waals surface area contributed by atoms with Gasteiger partial charge >= 0.3 is 5.97 Å². The van der Waals surface area contributed by atoms with Gasteiger partial charge in [-0.3, -0.25) is 19.2 Å². The van der Waals surface area contributed by atoms with Gasteiger partial charge in [0.1, 0.15) is 29.6 Å². The second kappa shape index (κ2) is 13.4. The number of rotatable bonds is 12. The van der Waals surface area contributed by atoms with Crippen LogP contribution < -0.4 is 22.1 Å². The van der Waals surface area contributed by atoms with Crippen molar-refractivity contribution in [2.75, 3.05) is 6.54 Å². The van der Waals surface area contributed by atoms with E-state index in [2.05, 4.69) is 10.6 Å². The molecule has 1 heterocycles. The van der Waals surface area contributed by atoms with E-state index >= 15 is 0 Å². The van der Waals surface area contributed by atoms with Gasteiger partial charge in [0.2, 0.25) is 23.6 Å². The fraction of sp³-hybridized carbons (Fsp3) is 0.370. The summed E-state index contributed by atoms with van der Waals surface area (Å²) in [5, 5.41) is 33.8. The molecule has 1 saturated heterocycles. The minimum Gasteiger partial charge on any atom is -0.508 e. The molecular formula is C27H33N5O8. The smallest absolute Gasteiger partial charge is 0.326 e. The van der Waals surface area contributed by atoms with Crippen LogP contribution in [0.5, 0.6) is 11.5 Å². The number of hydrogen-bond donors (Lipinski definition) is 7. The van der Waals surface area contributed by atoms with Crippen molar-refractivity contribution in [2.45, 2.75) is 56.3 Å². The van der Waals surface area contributed by atoms with Crippen LogP contribution in [-0.4, -0.2) is 80.5 Å². The molecule has 9 N–H and O–H groups in total. The number of nitrogens with two attached hydrogens (primary N) is 2.